The van der Waals surface area contributed by atoms with Crippen LogP contribution in [0.15, 0.2) is 0 Å². The zero-order valence-corrected chi connectivity index (χ0v) is 11.4. The molecule has 5 nitrogen and oxygen atoms in total. The van der Waals surface area contributed by atoms with E-state index in [4.69, 9.17) is 5.11 Å². The molecule has 0 aromatic heterocycles. The van der Waals surface area contributed by atoms with E-state index in [2.05, 4.69) is 29.0 Å². The minimum absolute atomic E-state index is 0.0708. The summed E-state index contributed by atoms with van der Waals surface area (Å²) in [6.45, 7) is 7.87. The maximum Gasteiger partial charge on any atom is 0.304 e. The number of carboxylic acids is 1. The van der Waals surface area contributed by atoms with Gasteiger partial charge in [-0.1, -0.05) is 0 Å². The molecule has 5 heteroatoms. The summed E-state index contributed by atoms with van der Waals surface area (Å²) in [7, 11) is 4.08. The van der Waals surface area contributed by atoms with E-state index in [-0.39, 0.29) is 18.0 Å². The van der Waals surface area contributed by atoms with Crippen molar-refractivity contribution in [2.45, 2.75) is 31.8 Å². The summed E-state index contributed by atoms with van der Waals surface area (Å²) >= 11 is 0. The number of hydrogen-bond donors (Lipinski definition) is 2. The Kier molecular flexibility index (Phi) is 4.91. The second-order valence-corrected chi connectivity index (χ2v) is 5.79. The van der Waals surface area contributed by atoms with Gasteiger partial charge >= 0.3 is 5.97 Å². The van der Waals surface area contributed by atoms with Crippen LogP contribution in [0.4, 0.5) is 0 Å². The van der Waals surface area contributed by atoms with Crippen LogP contribution in [0.3, 0.4) is 0 Å². The van der Waals surface area contributed by atoms with Crippen LogP contribution in [0.25, 0.3) is 0 Å². The summed E-state index contributed by atoms with van der Waals surface area (Å²) < 4.78 is 0. The van der Waals surface area contributed by atoms with Crippen molar-refractivity contribution in [1.29, 1.82) is 0 Å². The molecule has 0 spiro atoms. The molecule has 0 bridgehead atoms. The fraction of sp³-hybridized carbons (Fsp3) is 0.917. The zero-order chi connectivity index (χ0) is 13.1. The van der Waals surface area contributed by atoms with Crippen molar-refractivity contribution < 1.29 is 9.90 Å². The molecule has 0 radical (unpaired) electrons. The Morgan fingerprint density at radius 1 is 1.53 bits per heavy atom. The maximum absolute atomic E-state index is 10.8. The minimum atomic E-state index is -0.716. The molecule has 0 saturated carbocycles. The molecule has 0 amide bonds. The zero-order valence-electron chi connectivity index (χ0n) is 11.4. The summed E-state index contributed by atoms with van der Waals surface area (Å²) in [6.07, 6.45) is 0.219. The summed E-state index contributed by atoms with van der Waals surface area (Å²) in [4.78, 5) is 15.3. The standard InChI is InChI=1S/C12H25N3O2/c1-12(2)9-15(6-5-14(3)4)10(8-13-12)7-11(16)17/h10,13H,5-9H2,1-4H3,(H,16,17). The Bertz CT molecular complexity index is 266. The highest BCUT2D eigenvalue weighted by Crippen LogP contribution is 2.16. The molecule has 1 fully saturated rings. The molecule has 1 unspecified atom stereocenters. The van der Waals surface area contributed by atoms with Crippen LogP contribution >= 0.6 is 0 Å². The summed E-state index contributed by atoms with van der Waals surface area (Å²) in [5.41, 5.74) is 0.0708. The molecular formula is C12H25N3O2. The Morgan fingerprint density at radius 2 is 2.18 bits per heavy atom. The monoisotopic (exact) mass is 243 g/mol. The number of nitrogens with one attached hydrogen (secondary N) is 1. The van der Waals surface area contributed by atoms with Crippen molar-refractivity contribution in [2.75, 3.05) is 40.3 Å². The molecule has 0 aliphatic carbocycles. The van der Waals surface area contributed by atoms with Gasteiger partial charge in [-0.2, -0.15) is 0 Å². The van der Waals surface area contributed by atoms with E-state index in [1.165, 1.54) is 0 Å². The van der Waals surface area contributed by atoms with Gasteiger partial charge in [0.2, 0.25) is 0 Å². The van der Waals surface area contributed by atoms with Gasteiger partial charge in [0, 0.05) is 37.8 Å². The van der Waals surface area contributed by atoms with E-state index in [9.17, 15) is 4.79 Å². The molecule has 17 heavy (non-hydrogen) atoms. The van der Waals surface area contributed by atoms with Gasteiger partial charge in [0.1, 0.15) is 0 Å². The SMILES string of the molecule is CN(C)CCN1CC(C)(C)NCC1CC(=O)O. The predicted octanol–water partition coefficient (Wildman–Crippen LogP) is 0.0751. The van der Waals surface area contributed by atoms with E-state index in [0.717, 1.165) is 26.2 Å². The number of carbonyl (C=O) groups is 1. The molecule has 1 atom stereocenters. The highest BCUT2D eigenvalue weighted by molar-refractivity contribution is 5.67. The van der Waals surface area contributed by atoms with Gasteiger partial charge in [0.05, 0.1) is 6.42 Å². The average molecular weight is 243 g/mol. The Labute approximate surface area is 104 Å². The first-order valence-corrected chi connectivity index (χ1v) is 6.16. The number of carboxylic acid groups (broad SMARTS) is 1. The molecule has 1 rings (SSSR count). The fourth-order valence-electron chi connectivity index (χ4n) is 2.21. The number of piperazine rings is 1. The third-order valence-electron chi connectivity index (χ3n) is 3.18. The van der Waals surface area contributed by atoms with E-state index in [0.29, 0.717) is 0 Å². The van der Waals surface area contributed by atoms with Crippen molar-refractivity contribution in [3.63, 3.8) is 0 Å². The molecule has 0 aromatic carbocycles. The van der Waals surface area contributed by atoms with Crippen LogP contribution in [-0.2, 0) is 4.79 Å². The molecule has 1 aliphatic heterocycles. The lowest BCUT2D eigenvalue weighted by Crippen LogP contribution is -2.62. The first-order valence-electron chi connectivity index (χ1n) is 6.16. The largest absolute Gasteiger partial charge is 0.481 e. The quantitative estimate of drug-likeness (QED) is 0.716. The van der Waals surface area contributed by atoms with Gasteiger partial charge in [-0.25, -0.2) is 0 Å². The van der Waals surface area contributed by atoms with Crippen molar-refractivity contribution >= 4 is 5.97 Å². The van der Waals surface area contributed by atoms with Gasteiger partial charge in [0.25, 0.3) is 0 Å². The van der Waals surface area contributed by atoms with Gasteiger partial charge in [0.15, 0.2) is 0 Å². The molecule has 1 aliphatic rings. The van der Waals surface area contributed by atoms with Crippen LogP contribution in [-0.4, -0.2) is 72.7 Å². The third-order valence-corrected chi connectivity index (χ3v) is 3.18. The highest BCUT2D eigenvalue weighted by atomic mass is 16.4. The van der Waals surface area contributed by atoms with Crippen LogP contribution in [0.1, 0.15) is 20.3 Å². The van der Waals surface area contributed by atoms with Crippen LogP contribution < -0.4 is 5.32 Å². The van der Waals surface area contributed by atoms with Gasteiger partial charge in [-0.15, -0.1) is 0 Å². The van der Waals surface area contributed by atoms with Crippen molar-refractivity contribution in [1.82, 2.24) is 15.1 Å². The fourth-order valence-corrected chi connectivity index (χ4v) is 2.21. The molecule has 100 valence electrons. The minimum Gasteiger partial charge on any atom is -0.481 e. The Hall–Kier alpha value is -0.650. The molecule has 1 saturated heterocycles. The van der Waals surface area contributed by atoms with Crippen molar-refractivity contribution in [2.24, 2.45) is 0 Å². The topological polar surface area (TPSA) is 55.8 Å². The van der Waals surface area contributed by atoms with Gasteiger partial charge < -0.3 is 15.3 Å². The summed E-state index contributed by atoms with van der Waals surface area (Å²) in [5, 5.41) is 12.3. The lowest BCUT2D eigenvalue weighted by molar-refractivity contribution is -0.138. The van der Waals surface area contributed by atoms with E-state index >= 15 is 0 Å². The van der Waals surface area contributed by atoms with Crippen molar-refractivity contribution in [3.05, 3.63) is 0 Å². The second-order valence-electron chi connectivity index (χ2n) is 5.79. The highest BCUT2D eigenvalue weighted by Gasteiger charge is 2.33. The number of aliphatic carboxylic acids is 1. The summed E-state index contributed by atoms with van der Waals surface area (Å²) in [5.74, 6) is -0.716. The Balaban J connectivity index is 2.58. The number of rotatable bonds is 5. The molecular weight excluding hydrogens is 218 g/mol. The van der Waals surface area contributed by atoms with Crippen LogP contribution in [0, 0.1) is 0 Å². The maximum atomic E-state index is 10.8. The Morgan fingerprint density at radius 3 is 2.71 bits per heavy atom. The number of hydrogen-bond acceptors (Lipinski definition) is 4. The molecule has 0 aromatic rings. The van der Waals surface area contributed by atoms with Gasteiger partial charge in [-0.3, -0.25) is 9.69 Å². The third kappa shape index (κ3) is 5.02. The first-order chi connectivity index (χ1) is 7.80. The second kappa shape index (κ2) is 5.80. The lowest BCUT2D eigenvalue weighted by Gasteiger charge is -2.44. The number of nitrogens with zero attached hydrogens (tertiary/aromatic N) is 2. The van der Waals surface area contributed by atoms with Crippen LogP contribution in [0.2, 0.25) is 0 Å². The average Bonchev–Trinajstić information content (AvgIpc) is 2.17. The van der Waals surface area contributed by atoms with Crippen LogP contribution in [0.5, 0.6) is 0 Å². The first kappa shape index (κ1) is 14.4. The lowest BCUT2D eigenvalue weighted by atomic mass is 9.97. The summed E-state index contributed by atoms with van der Waals surface area (Å²) in [6, 6.07) is 0.112. The van der Waals surface area contributed by atoms with Gasteiger partial charge in [-0.05, 0) is 27.9 Å². The molecule has 1 heterocycles. The number of likely N-dealkylation sites (N-methyl/N-ethyl adjacent to an activating group) is 1. The van der Waals surface area contributed by atoms with E-state index < -0.39 is 5.97 Å². The van der Waals surface area contributed by atoms with Crippen molar-refractivity contribution in [3.8, 4) is 0 Å². The molecule has 2 N–H and O–H groups in total. The smallest absolute Gasteiger partial charge is 0.304 e. The predicted molar refractivity (Wildman–Crippen MR) is 68.2 cm³/mol. The van der Waals surface area contributed by atoms with E-state index in [1.807, 2.05) is 14.1 Å². The normalized spacial score (nSPS) is 25.1. The van der Waals surface area contributed by atoms with E-state index in [1.54, 1.807) is 0 Å².